The van der Waals surface area contributed by atoms with Crippen LogP contribution in [0, 0.1) is 29.1 Å². The summed E-state index contributed by atoms with van der Waals surface area (Å²) in [6, 6.07) is 0. The molecule has 0 radical (unpaired) electrons. The maximum atomic E-state index is 13.0. The summed E-state index contributed by atoms with van der Waals surface area (Å²) in [7, 11) is 0. The lowest BCUT2D eigenvalue weighted by atomic mass is 10.2. The van der Waals surface area contributed by atoms with Crippen molar-refractivity contribution in [2.75, 3.05) is 0 Å². The van der Waals surface area contributed by atoms with E-state index in [1.165, 1.54) is 0 Å². The van der Waals surface area contributed by atoms with Crippen molar-refractivity contribution >= 4 is 5.97 Å². The Bertz CT molecular complexity index is 455. The molecule has 0 bridgehead atoms. The molecule has 0 spiro atoms. The van der Waals surface area contributed by atoms with E-state index in [2.05, 4.69) is 11.3 Å². The van der Waals surface area contributed by atoms with E-state index >= 15 is 0 Å². The number of carbonyl (C=O) groups is 1. The van der Waals surface area contributed by atoms with Crippen LogP contribution >= 0.6 is 0 Å². The van der Waals surface area contributed by atoms with Crippen LogP contribution in [0.2, 0.25) is 0 Å². The van der Waals surface area contributed by atoms with Gasteiger partial charge in [0.1, 0.15) is 6.61 Å². The smallest absolute Gasteiger partial charge is 0.330 e. The van der Waals surface area contributed by atoms with Crippen LogP contribution < -0.4 is 0 Å². The molecule has 0 amide bonds. The van der Waals surface area contributed by atoms with E-state index in [0.29, 0.717) is 6.08 Å². The number of hydrogen-bond donors (Lipinski definition) is 0. The molecule has 0 aliphatic heterocycles. The summed E-state index contributed by atoms with van der Waals surface area (Å²) in [5, 5.41) is 0. The standard InChI is InChI=1S/C10H5F5O2/c1-2-5(16)17-3-4-6(11)8(13)10(15)9(14)7(4)12/h2H,1,3H2. The first-order valence-corrected chi connectivity index (χ1v) is 4.19. The van der Waals surface area contributed by atoms with Gasteiger partial charge in [-0.3, -0.25) is 0 Å². The van der Waals surface area contributed by atoms with Gasteiger partial charge in [-0.1, -0.05) is 6.58 Å². The van der Waals surface area contributed by atoms with Crippen LogP contribution in [0.5, 0.6) is 0 Å². The number of ether oxygens (including phenoxy) is 1. The maximum absolute atomic E-state index is 13.0. The van der Waals surface area contributed by atoms with Crippen molar-refractivity contribution in [2.24, 2.45) is 0 Å². The molecule has 0 saturated carbocycles. The summed E-state index contributed by atoms with van der Waals surface area (Å²) in [5.74, 6) is -11.5. The minimum atomic E-state index is -2.27. The van der Waals surface area contributed by atoms with Gasteiger partial charge in [0.2, 0.25) is 5.82 Å². The molecular weight excluding hydrogens is 247 g/mol. The Morgan fingerprint density at radius 1 is 1.00 bits per heavy atom. The van der Waals surface area contributed by atoms with E-state index in [9.17, 15) is 26.7 Å². The van der Waals surface area contributed by atoms with Crippen LogP contribution in [0.15, 0.2) is 12.7 Å². The molecule has 0 aromatic heterocycles. The first-order chi connectivity index (χ1) is 7.90. The Hall–Kier alpha value is -1.92. The quantitative estimate of drug-likeness (QED) is 0.272. The van der Waals surface area contributed by atoms with Crippen LogP contribution in [0.3, 0.4) is 0 Å². The average molecular weight is 252 g/mol. The molecule has 0 heterocycles. The Balaban J connectivity index is 3.16. The third kappa shape index (κ3) is 2.43. The SMILES string of the molecule is C=CC(=O)OCc1c(F)c(F)c(F)c(F)c1F. The summed E-state index contributed by atoms with van der Waals surface area (Å²) >= 11 is 0. The fourth-order valence-corrected chi connectivity index (χ4v) is 0.979. The minimum absolute atomic E-state index is 0.687. The van der Waals surface area contributed by atoms with Gasteiger partial charge in [0, 0.05) is 6.08 Å². The molecule has 0 fully saturated rings. The summed E-state index contributed by atoms with van der Waals surface area (Å²) in [6.07, 6.45) is 0.687. The highest BCUT2D eigenvalue weighted by molar-refractivity contribution is 5.81. The van der Waals surface area contributed by atoms with Crippen LogP contribution in [-0.4, -0.2) is 5.97 Å². The lowest BCUT2D eigenvalue weighted by Crippen LogP contribution is -2.10. The van der Waals surface area contributed by atoms with Crippen molar-refractivity contribution in [3.05, 3.63) is 47.3 Å². The first kappa shape index (κ1) is 13.1. The third-order valence-corrected chi connectivity index (χ3v) is 1.83. The Morgan fingerprint density at radius 2 is 1.41 bits per heavy atom. The second kappa shape index (κ2) is 4.94. The number of rotatable bonds is 3. The molecule has 1 rings (SSSR count). The molecule has 0 aliphatic carbocycles. The van der Waals surface area contributed by atoms with Crippen LogP contribution in [0.25, 0.3) is 0 Å². The molecule has 0 atom stereocenters. The molecule has 1 aromatic carbocycles. The highest BCUT2D eigenvalue weighted by Gasteiger charge is 2.26. The van der Waals surface area contributed by atoms with Gasteiger partial charge in [-0.2, -0.15) is 0 Å². The van der Waals surface area contributed by atoms with Gasteiger partial charge in [0.15, 0.2) is 23.3 Å². The second-order valence-electron chi connectivity index (χ2n) is 2.86. The number of benzene rings is 1. The van der Waals surface area contributed by atoms with Crippen molar-refractivity contribution in [1.82, 2.24) is 0 Å². The summed E-state index contributed by atoms with van der Waals surface area (Å²) in [4.78, 5) is 10.6. The van der Waals surface area contributed by atoms with Crippen LogP contribution in [0.4, 0.5) is 22.0 Å². The van der Waals surface area contributed by atoms with Gasteiger partial charge in [-0.15, -0.1) is 0 Å². The van der Waals surface area contributed by atoms with Gasteiger partial charge in [0.25, 0.3) is 0 Å². The van der Waals surface area contributed by atoms with Crippen molar-refractivity contribution in [2.45, 2.75) is 6.61 Å². The fourth-order valence-electron chi connectivity index (χ4n) is 0.979. The fraction of sp³-hybridized carbons (Fsp3) is 0.100. The topological polar surface area (TPSA) is 26.3 Å². The first-order valence-electron chi connectivity index (χ1n) is 4.19. The molecule has 0 saturated heterocycles. The zero-order chi connectivity index (χ0) is 13.2. The zero-order valence-electron chi connectivity index (χ0n) is 8.20. The summed E-state index contributed by atoms with van der Waals surface area (Å²) in [5.41, 5.74) is -1.21. The normalized spacial score (nSPS) is 10.2. The Labute approximate surface area is 92.3 Å². The predicted octanol–water partition coefficient (Wildman–Crippen LogP) is 2.61. The Morgan fingerprint density at radius 3 is 1.82 bits per heavy atom. The molecule has 7 heteroatoms. The number of esters is 1. The average Bonchev–Trinajstić information content (AvgIpc) is 2.33. The molecule has 92 valence electrons. The molecule has 0 aliphatic rings. The van der Waals surface area contributed by atoms with Gasteiger partial charge < -0.3 is 4.74 Å². The number of carbonyl (C=O) groups excluding carboxylic acids is 1. The van der Waals surface area contributed by atoms with E-state index in [1.54, 1.807) is 0 Å². The molecule has 1 aromatic rings. The molecule has 17 heavy (non-hydrogen) atoms. The highest BCUT2D eigenvalue weighted by Crippen LogP contribution is 2.23. The summed E-state index contributed by atoms with van der Waals surface area (Å²) in [6.45, 7) is 1.92. The van der Waals surface area contributed by atoms with Gasteiger partial charge in [-0.05, 0) is 0 Å². The number of halogens is 5. The van der Waals surface area contributed by atoms with E-state index in [-0.39, 0.29) is 0 Å². The lowest BCUT2D eigenvalue weighted by molar-refractivity contribution is -0.139. The van der Waals surface area contributed by atoms with Crippen molar-refractivity contribution in [3.8, 4) is 0 Å². The maximum Gasteiger partial charge on any atom is 0.330 e. The highest BCUT2D eigenvalue weighted by atomic mass is 19.2. The van der Waals surface area contributed by atoms with Gasteiger partial charge >= 0.3 is 5.97 Å². The molecule has 0 N–H and O–H groups in total. The van der Waals surface area contributed by atoms with E-state index in [0.717, 1.165) is 0 Å². The molecule has 0 unspecified atom stereocenters. The monoisotopic (exact) mass is 252 g/mol. The number of hydrogen-bond acceptors (Lipinski definition) is 2. The molecule has 2 nitrogen and oxygen atoms in total. The Kier molecular flexibility index (Phi) is 3.82. The summed E-state index contributed by atoms with van der Waals surface area (Å²) < 4.78 is 68.2. The van der Waals surface area contributed by atoms with E-state index in [4.69, 9.17) is 0 Å². The third-order valence-electron chi connectivity index (χ3n) is 1.83. The van der Waals surface area contributed by atoms with Gasteiger partial charge in [-0.25, -0.2) is 26.7 Å². The van der Waals surface area contributed by atoms with Crippen LogP contribution in [-0.2, 0) is 16.1 Å². The zero-order valence-corrected chi connectivity index (χ0v) is 8.20. The van der Waals surface area contributed by atoms with E-state index < -0.39 is 47.2 Å². The lowest BCUT2D eigenvalue weighted by Gasteiger charge is -2.07. The molecular formula is C10H5F5O2. The predicted molar refractivity (Wildman–Crippen MR) is 46.2 cm³/mol. The van der Waals surface area contributed by atoms with Gasteiger partial charge in [0.05, 0.1) is 5.56 Å². The second-order valence-corrected chi connectivity index (χ2v) is 2.86. The van der Waals surface area contributed by atoms with E-state index in [1.807, 2.05) is 0 Å². The largest absolute Gasteiger partial charge is 0.457 e. The van der Waals surface area contributed by atoms with Crippen molar-refractivity contribution in [1.29, 1.82) is 0 Å². The van der Waals surface area contributed by atoms with Crippen molar-refractivity contribution in [3.63, 3.8) is 0 Å². The van der Waals surface area contributed by atoms with Crippen LogP contribution in [0.1, 0.15) is 5.56 Å². The van der Waals surface area contributed by atoms with Crippen molar-refractivity contribution < 1.29 is 31.5 Å². The minimum Gasteiger partial charge on any atom is -0.457 e.